The smallest absolute Gasteiger partial charge is 0.254 e. The Kier molecular flexibility index (Phi) is 2.54. The fourth-order valence-electron chi connectivity index (χ4n) is 1.51. The summed E-state index contributed by atoms with van der Waals surface area (Å²) in [5, 5.41) is 2.91. The van der Waals surface area contributed by atoms with Crippen LogP contribution in [0.5, 0.6) is 0 Å². The highest BCUT2D eigenvalue weighted by Crippen LogP contribution is 2.32. The van der Waals surface area contributed by atoms with Gasteiger partial charge in [0.15, 0.2) is 0 Å². The number of nitrogens with two attached hydrogens (primary N) is 1. The molecule has 1 heterocycles. The first-order valence-corrected chi connectivity index (χ1v) is 4.84. The van der Waals surface area contributed by atoms with Gasteiger partial charge >= 0.3 is 0 Å². The van der Waals surface area contributed by atoms with Crippen LogP contribution in [-0.4, -0.2) is 18.5 Å². The average Bonchev–Trinajstić information content (AvgIpc) is 2.88. The summed E-state index contributed by atoms with van der Waals surface area (Å²) < 4.78 is 4.83. The molecule has 1 amide bonds. The maximum atomic E-state index is 11.6. The van der Waals surface area contributed by atoms with Gasteiger partial charge in [-0.15, -0.1) is 0 Å². The van der Waals surface area contributed by atoms with Crippen molar-refractivity contribution in [3.63, 3.8) is 0 Å². The number of carbonyl (C=O) groups excluding carboxylic acids is 1. The molecule has 0 saturated heterocycles. The zero-order valence-corrected chi connectivity index (χ0v) is 7.90. The van der Waals surface area contributed by atoms with Gasteiger partial charge in [0.05, 0.1) is 11.8 Å². The first kappa shape index (κ1) is 9.27. The number of hydrogen-bond acceptors (Lipinski definition) is 3. The Morgan fingerprint density at radius 1 is 1.71 bits per heavy atom. The maximum Gasteiger partial charge on any atom is 0.254 e. The van der Waals surface area contributed by atoms with Crippen LogP contribution >= 0.6 is 0 Å². The summed E-state index contributed by atoms with van der Waals surface area (Å²) in [6.45, 7) is 0.508. The Morgan fingerprint density at radius 2 is 2.50 bits per heavy atom. The molecule has 76 valence electrons. The summed E-state index contributed by atoms with van der Waals surface area (Å²) in [5.41, 5.74) is 6.14. The van der Waals surface area contributed by atoms with Crippen molar-refractivity contribution in [2.24, 2.45) is 11.7 Å². The van der Waals surface area contributed by atoms with Gasteiger partial charge in [0, 0.05) is 12.6 Å². The number of carbonyl (C=O) groups is 1. The minimum atomic E-state index is -0.0962. The molecule has 2 rings (SSSR count). The third kappa shape index (κ3) is 1.96. The first-order chi connectivity index (χ1) is 6.81. The Morgan fingerprint density at radius 3 is 3.00 bits per heavy atom. The Labute approximate surface area is 82.5 Å². The van der Waals surface area contributed by atoms with Crippen LogP contribution in [0.3, 0.4) is 0 Å². The van der Waals surface area contributed by atoms with Crippen LogP contribution in [0.2, 0.25) is 0 Å². The highest BCUT2D eigenvalue weighted by molar-refractivity contribution is 5.94. The molecule has 4 nitrogen and oxygen atoms in total. The molecule has 0 aliphatic heterocycles. The molecule has 0 aromatic carbocycles. The zero-order valence-electron chi connectivity index (χ0n) is 7.90. The number of furan rings is 1. The molecule has 3 N–H and O–H groups in total. The largest absolute Gasteiger partial charge is 0.472 e. The molecule has 0 bridgehead atoms. The topological polar surface area (TPSA) is 68.3 Å². The quantitative estimate of drug-likeness (QED) is 0.743. The van der Waals surface area contributed by atoms with Gasteiger partial charge in [-0.2, -0.15) is 0 Å². The van der Waals surface area contributed by atoms with Crippen LogP contribution in [0.15, 0.2) is 23.0 Å². The minimum Gasteiger partial charge on any atom is -0.472 e. The van der Waals surface area contributed by atoms with Gasteiger partial charge in [-0.25, -0.2) is 0 Å². The first-order valence-electron chi connectivity index (χ1n) is 4.84. The van der Waals surface area contributed by atoms with Gasteiger partial charge in [-0.1, -0.05) is 0 Å². The second-order valence-electron chi connectivity index (χ2n) is 3.67. The van der Waals surface area contributed by atoms with E-state index in [2.05, 4.69) is 5.32 Å². The van der Waals surface area contributed by atoms with Crippen LogP contribution in [-0.2, 0) is 0 Å². The van der Waals surface area contributed by atoms with Gasteiger partial charge < -0.3 is 15.5 Å². The standard InChI is InChI=1S/C10H14N2O2/c11-5-9(7-1-2-7)12-10(13)8-3-4-14-6-8/h3-4,6-7,9H,1-2,5,11H2,(H,12,13). The average molecular weight is 194 g/mol. The summed E-state index contributed by atoms with van der Waals surface area (Å²) >= 11 is 0. The fourth-order valence-corrected chi connectivity index (χ4v) is 1.51. The molecule has 0 spiro atoms. The van der Waals surface area contributed by atoms with Crippen molar-refractivity contribution in [1.29, 1.82) is 0 Å². The van der Waals surface area contributed by atoms with E-state index in [4.69, 9.17) is 10.2 Å². The Balaban J connectivity index is 1.92. The molecule has 1 saturated carbocycles. The van der Waals surface area contributed by atoms with Crippen molar-refractivity contribution >= 4 is 5.91 Å². The van der Waals surface area contributed by atoms with Crippen molar-refractivity contribution < 1.29 is 9.21 Å². The predicted octanol–water partition coefficient (Wildman–Crippen LogP) is 0.747. The van der Waals surface area contributed by atoms with Crippen molar-refractivity contribution in [3.8, 4) is 0 Å². The van der Waals surface area contributed by atoms with Crippen LogP contribution in [0, 0.1) is 5.92 Å². The molecule has 14 heavy (non-hydrogen) atoms. The lowest BCUT2D eigenvalue weighted by Gasteiger charge is -2.14. The van der Waals surface area contributed by atoms with Crippen molar-refractivity contribution in [2.75, 3.05) is 6.54 Å². The zero-order chi connectivity index (χ0) is 9.97. The van der Waals surface area contributed by atoms with Gasteiger partial charge in [-0.3, -0.25) is 4.79 Å². The van der Waals surface area contributed by atoms with Crippen LogP contribution < -0.4 is 11.1 Å². The van der Waals surface area contributed by atoms with E-state index in [1.807, 2.05) is 0 Å². The van der Waals surface area contributed by atoms with E-state index in [9.17, 15) is 4.79 Å². The van der Waals surface area contributed by atoms with Gasteiger partial charge in [0.25, 0.3) is 5.91 Å². The molecule has 1 aliphatic rings. The van der Waals surface area contributed by atoms with E-state index in [0.29, 0.717) is 18.0 Å². The summed E-state index contributed by atoms with van der Waals surface area (Å²) in [6.07, 6.45) is 5.28. The summed E-state index contributed by atoms with van der Waals surface area (Å²) in [4.78, 5) is 11.6. The molecular weight excluding hydrogens is 180 g/mol. The lowest BCUT2D eigenvalue weighted by molar-refractivity contribution is 0.0933. The van der Waals surface area contributed by atoms with Crippen molar-refractivity contribution in [1.82, 2.24) is 5.32 Å². The van der Waals surface area contributed by atoms with Crippen LogP contribution in [0.1, 0.15) is 23.2 Å². The molecule has 1 aliphatic carbocycles. The van der Waals surface area contributed by atoms with Crippen LogP contribution in [0.4, 0.5) is 0 Å². The van der Waals surface area contributed by atoms with Crippen LogP contribution in [0.25, 0.3) is 0 Å². The summed E-state index contributed by atoms with van der Waals surface area (Å²) in [5.74, 6) is 0.483. The highest BCUT2D eigenvalue weighted by atomic mass is 16.3. The number of nitrogens with one attached hydrogen (secondary N) is 1. The monoisotopic (exact) mass is 194 g/mol. The van der Waals surface area contributed by atoms with Crippen molar-refractivity contribution in [2.45, 2.75) is 18.9 Å². The number of rotatable bonds is 4. The van der Waals surface area contributed by atoms with Gasteiger partial charge in [0.2, 0.25) is 0 Å². The molecular formula is C10H14N2O2. The Hall–Kier alpha value is -1.29. The molecule has 0 radical (unpaired) electrons. The lowest BCUT2D eigenvalue weighted by Crippen LogP contribution is -2.41. The Bertz CT molecular complexity index is 304. The molecule has 1 unspecified atom stereocenters. The molecule has 1 atom stereocenters. The van der Waals surface area contributed by atoms with E-state index < -0.39 is 0 Å². The second-order valence-corrected chi connectivity index (χ2v) is 3.67. The second kappa shape index (κ2) is 3.84. The van der Waals surface area contributed by atoms with E-state index in [1.165, 1.54) is 25.4 Å². The van der Waals surface area contributed by atoms with E-state index in [1.54, 1.807) is 6.07 Å². The lowest BCUT2D eigenvalue weighted by atomic mass is 10.2. The fraction of sp³-hybridized carbons (Fsp3) is 0.500. The maximum absolute atomic E-state index is 11.6. The number of hydrogen-bond donors (Lipinski definition) is 2. The molecule has 1 aromatic rings. The van der Waals surface area contributed by atoms with Gasteiger partial charge in [-0.05, 0) is 24.8 Å². The summed E-state index contributed by atoms with van der Waals surface area (Å²) in [7, 11) is 0. The van der Waals surface area contributed by atoms with E-state index in [0.717, 1.165) is 0 Å². The SMILES string of the molecule is NCC(NC(=O)c1ccoc1)C1CC1. The summed E-state index contributed by atoms with van der Waals surface area (Å²) in [6, 6.07) is 1.77. The molecule has 1 fully saturated rings. The normalized spacial score (nSPS) is 17.8. The van der Waals surface area contributed by atoms with E-state index in [-0.39, 0.29) is 11.9 Å². The minimum absolute atomic E-state index is 0.0962. The number of amides is 1. The highest BCUT2D eigenvalue weighted by Gasteiger charge is 2.31. The third-order valence-corrected chi connectivity index (χ3v) is 2.54. The van der Waals surface area contributed by atoms with E-state index >= 15 is 0 Å². The molecule has 4 heteroatoms. The third-order valence-electron chi connectivity index (χ3n) is 2.54. The molecule has 1 aromatic heterocycles. The van der Waals surface area contributed by atoms with Crippen molar-refractivity contribution in [3.05, 3.63) is 24.2 Å². The van der Waals surface area contributed by atoms with Gasteiger partial charge in [0.1, 0.15) is 6.26 Å². The predicted molar refractivity (Wildman–Crippen MR) is 51.7 cm³/mol.